The fraction of sp³-hybridized carbons (Fsp3) is 0.318. The van der Waals surface area contributed by atoms with Gasteiger partial charge in [-0.3, -0.25) is 4.79 Å². The number of carbonyl (C=O) groups excluding carboxylic acids is 1. The van der Waals surface area contributed by atoms with E-state index in [1.165, 1.54) is 0 Å². The second-order valence-electron chi connectivity index (χ2n) is 6.93. The molecule has 2 aromatic carbocycles. The Kier molecular flexibility index (Phi) is 6.83. The Labute approximate surface area is 155 Å². The van der Waals surface area contributed by atoms with Gasteiger partial charge in [0, 0.05) is 16.6 Å². The molecule has 2 aromatic rings. The van der Waals surface area contributed by atoms with E-state index in [2.05, 4.69) is 33.0 Å². The molecule has 25 heavy (non-hydrogen) atoms. The van der Waals surface area contributed by atoms with Crippen LogP contribution in [0.1, 0.15) is 38.8 Å². The molecule has 0 heterocycles. The SMILES string of the molecule is CC(C)C(NC(=O)/C(=C/c1ccccc1Cl)c1ccccc1)C(C)C. The number of halogens is 1. The topological polar surface area (TPSA) is 29.1 Å². The Hall–Kier alpha value is -2.06. The van der Waals surface area contributed by atoms with Gasteiger partial charge in [-0.1, -0.05) is 87.8 Å². The summed E-state index contributed by atoms with van der Waals surface area (Å²) in [7, 11) is 0. The number of rotatable bonds is 6. The molecule has 2 nitrogen and oxygen atoms in total. The average molecular weight is 356 g/mol. The van der Waals surface area contributed by atoms with Gasteiger partial charge >= 0.3 is 0 Å². The molecule has 132 valence electrons. The molecule has 0 unspecified atom stereocenters. The maximum atomic E-state index is 13.1. The van der Waals surface area contributed by atoms with Gasteiger partial charge in [-0.15, -0.1) is 0 Å². The van der Waals surface area contributed by atoms with E-state index in [0.717, 1.165) is 11.1 Å². The number of carbonyl (C=O) groups is 1. The van der Waals surface area contributed by atoms with E-state index < -0.39 is 0 Å². The molecule has 0 aliphatic rings. The molecule has 1 N–H and O–H groups in total. The van der Waals surface area contributed by atoms with Crippen LogP contribution in [0.25, 0.3) is 11.6 Å². The van der Waals surface area contributed by atoms with E-state index in [0.29, 0.717) is 22.4 Å². The van der Waals surface area contributed by atoms with E-state index in [9.17, 15) is 4.79 Å². The van der Waals surface area contributed by atoms with Crippen molar-refractivity contribution in [2.24, 2.45) is 11.8 Å². The van der Waals surface area contributed by atoms with E-state index in [4.69, 9.17) is 11.6 Å². The predicted octanol–water partition coefficient (Wildman–Crippen LogP) is 5.68. The summed E-state index contributed by atoms with van der Waals surface area (Å²) in [5.74, 6) is 0.654. The molecule has 2 rings (SSSR count). The molecule has 0 aromatic heterocycles. The molecule has 0 fully saturated rings. The molecular weight excluding hydrogens is 330 g/mol. The lowest BCUT2D eigenvalue weighted by atomic mass is 9.92. The van der Waals surface area contributed by atoms with Gasteiger partial charge in [-0.25, -0.2) is 0 Å². The highest BCUT2D eigenvalue weighted by molar-refractivity contribution is 6.33. The van der Waals surface area contributed by atoms with E-state index in [1.807, 2.05) is 60.7 Å². The largest absolute Gasteiger partial charge is 0.349 e. The van der Waals surface area contributed by atoms with Crippen LogP contribution >= 0.6 is 11.6 Å². The molecular formula is C22H26ClNO. The predicted molar refractivity (Wildman–Crippen MR) is 107 cm³/mol. The lowest BCUT2D eigenvalue weighted by Crippen LogP contribution is -2.42. The number of benzene rings is 2. The van der Waals surface area contributed by atoms with Crippen LogP contribution in [0.5, 0.6) is 0 Å². The van der Waals surface area contributed by atoms with Crippen LogP contribution in [0.3, 0.4) is 0 Å². The molecule has 0 aliphatic carbocycles. The highest BCUT2D eigenvalue weighted by Gasteiger charge is 2.22. The Morgan fingerprint density at radius 1 is 0.920 bits per heavy atom. The van der Waals surface area contributed by atoms with Crippen molar-refractivity contribution in [3.05, 3.63) is 70.7 Å². The van der Waals surface area contributed by atoms with Crippen LogP contribution in [0.2, 0.25) is 5.02 Å². The minimum absolute atomic E-state index is 0.0708. The maximum Gasteiger partial charge on any atom is 0.252 e. The molecule has 1 amide bonds. The number of nitrogens with one attached hydrogen (secondary N) is 1. The zero-order chi connectivity index (χ0) is 18.4. The summed E-state index contributed by atoms with van der Waals surface area (Å²) in [6.45, 7) is 8.52. The minimum Gasteiger partial charge on any atom is -0.349 e. The van der Waals surface area contributed by atoms with Crippen LogP contribution in [0.15, 0.2) is 54.6 Å². The molecule has 0 bridgehead atoms. The second-order valence-corrected chi connectivity index (χ2v) is 7.34. The van der Waals surface area contributed by atoms with Crippen molar-refractivity contribution in [1.29, 1.82) is 0 Å². The summed E-state index contributed by atoms with van der Waals surface area (Å²) < 4.78 is 0. The third-order valence-electron chi connectivity index (χ3n) is 4.27. The lowest BCUT2D eigenvalue weighted by molar-refractivity contribution is -0.116. The highest BCUT2D eigenvalue weighted by atomic mass is 35.5. The Morgan fingerprint density at radius 2 is 1.48 bits per heavy atom. The van der Waals surface area contributed by atoms with Crippen molar-refractivity contribution in [2.45, 2.75) is 33.7 Å². The smallest absolute Gasteiger partial charge is 0.252 e. The van der Waals surface area contributed by atoms with Gasteiger partial charge in [0.15, 0.2) is 0 Å². The molecule has 0 atom stereocenters. The Balaban J connectivity index is 2.42. The quantitative estimate of drug-likeness (QED) is 0.524. The minimum atomic E-state index is -0.0708. The van der Waals surface area contributed by atoms with Crippen molar-refractivity contribution in [2.75, 3.05) is 0 Å². The summed E-state index contributed by atoms with van der Waals surface area (Å²) in [6.07, 6.45) is 1.87. The van der Waals surface area contributed by atoms with Crippen LogP contribution < -0.4 is 5.32 Å². The summed E-state index contributed by atoms with van der Waals surface area (Å²) >= 11 is 6.29. The lowest BCUT2D eigenvalue weighted by Gasteiger charge is -2.26. The van der Waals surface area contributed by atoms with Crippen molar-refractivity contribution in [1.82, 2.24) is 5.32 Å². The third-order valence-corrected chi connectivity index (χ3v) is 4.61. The summed E-state index contributed by atoms with van der Waals surface area (Å²) in [6, 6.07) is 17.4. The van der Waals surface area contributed by atoms with Crippen LogP contribution in [-0.4, -0.2) is 11.9 Å². The number of amides is 1. The van der Waals surface area contributed by atoms with Crippen molar-refractivity contribution >= 4 is 29.2 Å². The fourth-order valence-corrected chi connectivity index (χ4v) is 3.17. The normalized spacial score (nSPS) is 12.1. The first kappa shape index (κ1) is 19.3. The zero-order valence-corrected chi connectivity index (χ0v) is 16.0. The van der Waals surface area contributed by atoms with Crippen molar-refractivity contribution < 1.29 is 4.79 Å². The van der Waals surface area contributed by atoms with E-state index in [-0.39, 0.29) is 11.9 Å². The average Bonchev–Trinajstić information content (AvgIpc) is 2.59. The van der Waals surface area contributed by atoms with Crippen molar-refractivity contribution in [3.63, 3.8) is 0 Å². The summed E-state index contributed by atoms with van der Waals surface area (Å²) in [5.41, 5.74) is 2.34. The van der Waals surface area contributed by atoms with Crippen LogP contribution in [0, 0.1) is 11.8 Å². The van der Waals surface area contributed by atoms with E-state index >= 15 is 0 Å². The van der Waals surface area contributed by atoms with Gasteiger partial charge < -0.3 is 5.32 Å². The molecule has 0 radical (unpaired) electrons. The van der Waals surface area contributed by atoms with Crippen LogP contribution in [0.4, 0.5) is 0 Å². The van der Waals surface area contributed by atoms with Gasteiger partial charge in [0.1, 0.15) is 0 Å². The summed E-state index contributed by atoms with van der Waals surface area (Å²) in [5, 5.41) is 3.84. The van der Waals surface area contributed by atoms with Crippen molar-refractivity contribution in [3.8, 4) is 0 Å². The van der Waals surface area contributed by atoms with E-state index in [1.54, 1.807) is 0 Å². The van der Waals surface area contributed by atoms with Gasteiger partial charge in [0.05, 0.1) is 0 Å². The number of hydrogen-bond acceptors (Lipinski definition) is 1. The Morgan fingerprint density at radius 3 is 2.04 bits per heavy atom. The monoisotopic (exact) mass is 355 g/mol. The molecule has 0 saturated heterocycles. The van der Waals surface area contributed by atoms with Gasteiger partial charge in [0.2, 0.25) is 0 Å². The maximum absolute atomic E-state index is 13.1. The molecule has 3 heteroatoms. The highest BCUT2D eigenvalue weighted by Crippen LogP contribution is 2.24. The van der Waals surface area contributed by atoms with Gasteiger partial charge in [-0.2, -0.15) is 0 Å². The first-order valence-electron chi connectivity index (χ1n) is 8.72. The fourth-order valence-electron chi connectivity index (χ4n) is 2.98. The molecule has 0 aliphatic heterocycles. The zero-order valence-electron chi connectivity index (χ0n) is 15.3. The third kappa shape index (κ3) is 5.20. The Bertz CT molecular complexity index is 727. The first-order valence-corrected chi connectivity index (χ1v) is 9.10. The first-order chi connectivity index (χ1) is 11.9. The molecule has 0 saturated carbocycles. The molecule has 0 spiro atoms. The van der Waals surface area contributed by atoms with Gasteiger partial charge in [0.25, 0.3) is 5.91 Å². The van der Waals surface area contributed by atoms with Crippen LogP contribution in [-0.2, 0) is 4.79 Å². The standard InChI is InChI=1S/C22H26ClNO/c1-15(2)21(16(3)4)24-22(25)19(17-10-6-5-7-11-17)14-18-12-8-9-13-20(18)23/h5-16,21H,1-4H3,(H,24,25)/b19-14+. The summed E-state index contributed by atoms with van der Waals surface area (Å²) in [4.78, 5) is 13.1. The number of hydrogen-bond donors (Lipinski definition) is 1. The second kappa shape index (κ2) is 8.87. The van der Waals surface area contributed by atoms with Gasteiger partial charge in [-0.05, 0) is 35.1 Å².